The number of carbonyl (C=O) groups excluding carboxylic acids is 1. The first-order chi connectivity index (χ1) is 13.3. The van der Waals surface area contributed by atoms with Crippen molar-refractivity contribution in [3.8, 4) is 11.5 Å². The summed E-state index contributed by atoms with van der Waals surface area (Å²) in [6, 6.07) is 12.4. The van der Waals surface area contributed by atoms with Crippen LogP contribution in [0.15, 0.2) is 54.3 Å². The summed E-state index contributed by atoms with van der Waals surface area (Å²) >= 11 is 0. The summed E-state index contributed by atoms with van der Waals surface area (Å²) in [5.74, 6) is -2.22. The number of aromatic hydroxyl groups is 2. The zero-order valence-corrected chi connectivity index (χ0v) is 18.4. The minimum absolute atomic E-state index is 0. The van der Waals surface area contributed by atoms with Crippen molar-refractivity contribution in [3.63, 3.8) is 0 Å². The molecule has 0 heterocycles. The number of aliphatic carboxylic acids is 2. The van der Waals surface area contributed by atoms with Crippen molar-refractivity contribution < 1.29 is 69.0 Å². The molecule has 2 rings (SSSR count). The van der Waals surface area contributed by atoms with E-state index in [1.54, 1.807) is 24.3 Å². The molecule has 1 atom stereocenters. The molecule has 0 aliphatic heterocycles. The molecule has 0 aromatic heterocycles. The number of hydrogen-bond acceptors (Lipinski definition) is 7. The van der Waals surface area contributed by atoms with E-state index in [2.05, 4.69) is 4.74 Å². The number of phenolic OH excluding ortho intramolecular Hbond substituents is 2. The molecule has 2 aromatic carbocycles. The molecular formula is C20H21NaO8. The summed E-state index contributed by atoms with van der Waals surface area (Å²) in [5.41, 5.74) is 1.43. The van der Waals surface area contributed by atoms with E-state index in [4.69, 9.17) is 20.1 Å². The van der Waals surface area contributed by atoms with E-state index in [9.17, 15) is 14.7 Å². The maximum atomic E-state index is 10.6. The second kappa shape index (κ2) is 13.6. The van der Waals surface area contributed by atoms with Crippen molar-refractivity contribution in [2.24, 2.45) is 0 Å². The minimum atomic E-state index is -1.24. The van der Waals surface area contributed by atoms with Gasteiger partial charge >= 0.3 is 35.5 Å². The van der Waals surface area contributed by atoms with E-state index >= 15 is 0 Å². The Labute approximate surface area is 190 Å². The number of methoxy groups -OCH3 is 2. The number of benzene rings is 2. The first-order valence-electron chi connectivity index (χ1n) is 8.06. The molecule has 0 amide bonds. The van der Waals surface area contributed by atoms with E-state index in [-0.39, 0.29) is 53.2 Å². The van der Waals surface area contributed by atoms with Crippen LogP contribution in [-0.4, -0.2) is 47.6 Å². The van der Waals surface area contributed by atoms with Gasteiger partial charge in [-0.25, -0.2) is 4.79 Å². The molecule has 0 aliphatic carbocycles. The number of carbonyl (C=O) groups is 2. The van der Waals surface area contributed by atoms with E-state index in [1.807, 2.05) is 0 Å². The topological polar surface area (TPSA) is 136 Å². The van der Waals surface area contributed by atoms with Gasteiger partial charge in [-0.1, -0.05) is 24.3 Å². The summed E-state index contributed by atoms with van der Waals surface area (Å²) in [6.45, 7) is 0. The molecule has 0 bridgehead atoms. The fourth-order valence-electron chi connectivity index (χ4n) is 2.04. The first kappa shape index (κ1) is 26.5. The fraction of sp³-hybridized carbons (Fsp3) is 0.200. The van der Waals surface area contributed by atoms with Crippen LogP contribution in [0.2, 0.25) is 0 Å². The number of rotatable bonds is 7. The maximum absolute atomic E-state index is 10.6. The van der Waals surface area contributed by atoms with Crippen molar-refractivity contribution in [1.29, 1.82) is 0 Å². The molecule has 0 fully saturated rings. The van der Waals surface area contributed by atoms with Crippen LogP contribution in [0.5, 0.6) is 11.5 Å². The molecule has 9 heteroatoms. The first-order valence-corrected chi connectivity index (χ1v) is 8.06. The Morgan fingerprint density at radius 1 is 1.00 bits per heavy atom. The molecule has 0 aliphatic rings. The summed E-state index contributed by atoms with van der Waals surface area (Å²) in [4.78, 5) is 21.1. The number of carboxylic acid groups (broad SMARTS) is 2. The Hall–Kier alpha value is -2.52. The number of hydrogen-bond donors (Lipinski definition) is 3. The normalized spacial score (nSPS) is 11.3. The predicted octanol–water partition coefficient (Wildman–Crippen LogP) is -1.83. The van der Waals surface area contributed by atoms with Gasteiger partial charge in [0.05, 0.1) is 13.1 Å². The second-order valence-corrected chi connectivity index (χ2v) is 5.52. The van der Waals surface area contributed by atoms with E-state index in [0.717, 1.165) is 5.56 Å². The largest absolute Gasteiger partial charge is 1.00 e. The number of phenols is 2. The van der Waals surface area contributed by atoms with Crippen LogP contribution < -0.4 is 34.7 Å². The second-order valence-electron chi connectivity index (χ2n) is 5.52. The molecule has 3 N–H and O–H groups in total. The average Bonchev–Trinajstić information content (AvgIpc) is 2.67. The van der Waals surface area contributed by atoms with E-state index < -0.39 is 18.0 Å². The molecule has 0 saturated heterocycles. The van der Waals surface area contributed by atoms with Crippen molar-refractivity contribution in [1.82, 2.24) is 0 Å². The van der Waals surface area contributed by atoms with Crippen LogP contribution in [0.25, 0.3) is 6.08 Å². The molecule has 2 aromatic rings. The maximum Gasteiger partial charge on any atom is 1.00 e. The van der Waals surface area contributed by atoms with Gasteiger partial charge in [-0.2, -0.15) is 0 Å². The minimum Gasteiger partial charge on any atom is -0.547 e. The van der Waals surface area contributed by atoms with Gasteiger partial charge in [-0.05, 0) is 41.5 Å². The van der Waals surface area contributed by atoms with Gasteiger partial charge < -0.3 is 34.7 Å². The summed E-state index contributed by atoms with van der Waals surface area (Å²) in [7, 11) is 2.61. The van der Waals surface area contributed by atoms with Crippen molar-refractivity contribution in [2.75, 3.05) is 14.2 Å². The van der Waals surface area contributed by atoms with Crippen molar-refractivity contribution in [2.45, 2.75) is 12.5 Å². The SMILES string of the molecule is COC(=Cc1ccc(O)cc1)C(=O)O.COC(Cc1ccc(O)cc1)C(=O)[O-].[Na+]. The zero-order chi connectivity index (χ0) is 21.1. The molecule has 0 saturated carbocycles. The van der Waals surface area contributed by atoms with Gasteiger partial charge in [-0.3, -0.25) is 0 Å². The third-order valence-electron chi connectivity index (χ3n) is 3.53. The van der Waals surface area contributed by atoms with E-state index in [1.165, 1.54) is 44.6 Å². The Kier molecular flexibility index (Phi) is 12.4. The van der Waals surface area contributed by atoms with Crippen LogP contribution in [0.3, 0.4) is 0 Å². The monoisotopic (exact) mass is 412 g/mol. The van der Waals surface area contributed by atoms with Gasteiger partial charge in [-0.15, -0.1) is 0 Å². The average molecular weight is 412 g/mol. The van der Waals surface area contributed by atoms with Gasteiger partial charge in [0, 0.05) is 13.5 Å². The van der Waals surface area contributed by atoms with Crippen molar-refractivity contribution >= 4 is 18.0 Å². The Balaban J connectivity index is 0.000000523. The Morgan fingerprint density at radius 3 is 1.86 bits per heavy atom. The van der Waals surface area contributed by atoms with Crippen LogP contribution >= 0.6 is 0 Å². The number of carboxylic acids is 2. The molecule has 0 spiro atoms. The summed E-state index contributed by atoms with van der Waals surface area (Å²) in [5, 5.41) is 37.1. The zero-order valence-electron chi connectivity index (χ0n) is 16.4. The molecule has 1 unspecified atom stereocenters. The van der Waals surface area contributed by atoms with Gasteiger partial charge in [0.25, 0.3) is 0 Å². The van der Waals surface area contributed by atoms with Crippen LogP contribution in [0, 0.1) is 0 Å². The quantitative estimate of drug-likeness (QED) is 0.274. The third-order valence-corrected chi connectivity index (χ3v) is 3.53. The van der Waals surface area contributed by atoms with Gasteiger partial charge in [0.15, 0.2) is 0 Å². The van der Waals surface area contributed by atoms with Crippen LogP contribution in [-0.2, 0) is 25.5 Å². The molecule has 29 heavy (non-hydrogen) atoms. The summed E-state index contributed by atoms with van der Waals surface area (Å²) < 4.78 is 9.37. The summed E-state index contributed by atoms with van der Waals surface area (Å²) in [6.07, 6.45) is 0.667. The van der Waals surface area contributed by atoms with Crippen LogP contribution in [0.1, 0.15) is 11.1 Å². The Bertz CT molecular complexity index is 800. The standard InChI is InChI=1S/C10H12O4.C10H10O4.Na/c2*1-14-9(10(12)13)6-7-2-4-8(11)5-3-7;/h2-5,9,11H,6H2,1H3,(H,12,13);2-6,11H,1H3,(H,12,13);/q;;+1/p-1. The van der Waals surface area contributed by atoms with Crippen LogP contribution in [0.4, 0.5) is 0 Å². The van der Waals surface area contributed by atoms with Gasteiger partial charge in [0.1, 0.15) is 17.6 Å². The van der Waals surface area contributed by atoms with E-state index in [0.29, 0.717) is 5.56 Å². The Morgan fingerprint density at radius 2 is 1.48 bits per heavy atom. The fourth-order valence-corrected chi connectivity index (χ4v) is 2.04. The van der Waals surface area contributed by atoms with Crippen molar-refractivity contribution in [3.05, 3.63) is 65.4 Å². The molecular weight excluding hydrogens is 391 g/mol. The third kappa shape index (κ3) is 10.00. The molecule has 8 nitrogen and oxygen atoms in total. The molecule has 0 radical (unpaired) electrons. The smallest absolute Gasteiger partial charge is 0.547 e. The van der Waals surface area contributed by atoms with Gasteiger partial charge in [0.2, 0.25) is 5.76 Å². The predicted molar refractivity (Wildman–Crippen MR) is 98.3 cm³/mol. The molecule has 150 valence electrons. The number of ether oxygens (including phenoxy) is 2.